The van der Waals surface area contributed by atoms with Crippen molar-refractivity contribution in [2.24, 2.45) is 18.0 Å². The monoisotopic (exact) mass is 510 g/mol. The van der Waals surface area contributed by atoms with Crippen molar-refractivity contribution in [3.05, 3.63) is 47.4 Å². The molecular weight excluding hydrogens is 476 g/mol. The van der Waals surface area contributed by atoms with E-state index in [1.54, 1.807) is 37.0 Å². The Bertz CT molecular complexity index is 1190. The van der Waals surface area contributed by atoms with Gasteiger partial charge in [-0.15, -0.1) is 5.10 Å². The highest BCUT2D eigenvalue weighted by Crippen LogP contribution is 2.30. The highest BCUT2D eigenvalue weighted by atomic mass is 16.6. The second-order valence-corrected chi connectivity index (χ2v) is 8.98. The molecule has 3 rings (SSSR count). The lowest BCUT2D eigenvalue weighted by atomic mass is 9.87. The van der Waals surface area contributed by atoms with Crippen LogP contribution in [-0.4, -0.2) is 68.5 Å². The van der Waals surface area contributed by atoms with Crippen LogP contribution < -0.4 is 4.74 Å². The Labute approximate surface area is 216 Å². The number of hydrogen-bond donors (Lipinski definition) is 1. The minimum Gasteiger partial charge on any atom is -0.489 e. The molecule has 198 valence electrons. The zero-order valence-electron chi connectivity index (χ0n) is 21.8. The van der Waals surface area contributed by atoms with Crippen LogP contribution >= 0.6 is 0 Å². The standard InChI is InChI=1S/C26H34N6O5/c1-6-7-10-19(27-3)15-31(4)26(35)36-16-22-24(29-30-32(22)5)21-12-13-23(17(2)28-21)37-20-11-8-9-18(14-20)25(33)34/h6-7,10,12-13,18,20H,3,8-9,11,14-16H2,1-2,4-5H3,(H,33,34)/b7-6-,19-10-/t18-,20-/m0/s1. The first-order chi connectivity index (χ1) is 17.7. The van der Waals surface area contributed by atoms with E-state index in [1.807, 2.05) is 26.0 Å². The maximum Gasteiger partial charge on any atom is 0.410 e. The summed E-state index contributed by atoms with van der Waals surface area (Å²) in [6.07, 6.45) is 7.58. The molecule has 0 aromatic carbocycles. The summed E-state index contributed by atoms with van der Waals surface area (Å²) in [5.74, 6) is -0.543. The summed E-state index contributed by atoms with van der Waals surface area (Å²) < 4.78 is 13.1. The molecule has 37 heavy (non-hydrogen) atoms. The molecule has 1 fully saturated rings. The predicted octanol–water partition coefficient (Wildman–Crippen LogP) is 3.94. The molecule has 0 aliphatic heterocycles. The molecule has 0 spiro atoms. The number of aryl methyl sites for hydroxylation is 2. The van der Waals surface area contributed by atoms with Crippen LogP contribution in [0.2, 0.25) is 0 Å². The van der Waals surface area contributed by atoms with Crippen molar-refractivity contribution in [1.29, 1.82) is 0 Å². The van der Waals surface area contributed by atoms with Crippen molar-refractivity contribution < 1.29 is 24.2 Å². The minimum absolute atomic E-state index is 0.0466. The molecule has 1 aliphatic rings. The lowest BCUT2D eigenvalue weighted by Gasteiger charge is -2.27. The van der Waals surface area contributed by atoms with Crippen molar-refractivity contribution in [2.45, 2.75) is 52.2 Å². The Hall–Kier alpha value is -4.02. The lowest BCUT2D eigenvalue weighted by molar-refractivity contribution is -0.143. The molecule has 2 aromatic rings. The van der Waals surface area contributed by atoms with E-state index in [0.29, 0.717) is 47.1 Å². The fourth-order valence-corrected chi connectivity index (χ4v) is 4.11. The molecule has 11 heteroatoms. The van der Waals surface area contributed by atoms with Crippen LogP contribution in [0.3, 0.4) is 0 Å². The van der Waals surface area contributed by atoms with Crippen LogP contribution in [0, 0.1) is 12.8 Å². The molecule has 2 aromatic heterocycles. The Balaban J connectivity index is 1.67. The van der Waals surface area contributed by atoms with Crippen molar-refractivity contribution in [3.63, 3.8) is 0 Å². The highest BCUT2D eigenvalue weighted by molar-refractivity contribution is 5.70. The number of rotatable bonds is 10. The quantitative estimate of drug-likeness (QED) is 0.376. The van der Waals surface area contributed by atoms with E-state index >= 15 is 0 Å². The molecule has 2 atom stereocenters. The number of pyridine rings is 1. The van der Waals surface area contributed by atoms with E-state index in [2.05, 4.69) is 27.0 Å². The van der Waals surface area contributed by atoms with Gasteiger partial charge in [-0.25, -0.2) is 14.5 Å². The molecule has 1 aliphatic carbocycles. The van der Waals surface area contributed by atoms with E-state index in [0.717, 1.165) is 12.8 Å². The summed E-state index contributed by atoms with van der Waals surface area (Å²) in [6, 6.07) is 3.58. The van der Waals surface area contributed by atoms with E-state index < -0.39 is 12.1 Å². The summed E-state index contributed by atoms with van der Waals surface area (Å²) >= 11 is 0. The number of carboxylic acids is 1. The number of amides is 1. The van der Waals surface area contributed by atoms with Gasteiger partial charge in [0.05, 0.1) is 35.7 Å². The van der Waals surface area contributed by atoms with Gasteiger partial charge in [-0.2, -0.15) is 0 Å². The first-order valence-corrected chi connectivity index (χ1v) is 12.2. The fraction of sp³-hybridized carbons (Fsp3) is 0.462. The number of aliphatic carboxylic acids is 1. The summed E-state index contributed by atoms with van der Waals surface area (Å²) in [6.45, 7) is 7.45. The molecule has 1 saturated carbocycles. The van der Waals surface area contributed by atoms with Crippen LogP contribution in [0.5, 0.6) is 5.75 Å². The summed E-state index contributed by atoms with van der Waals surface area (Å²) in [5, 5.41) is 17.6. The van der Waals surface area contributed by atoms with Crippen LogP contribution in [0.4, 0.5) is 4.79 Å². The van der Waals surface area contributed by atoms with Gasteiger partial charge in [0.15, 0.2) is 0 Å². The van der Waals surface area contributed by atoms with Gasteiger partial charge in [0, 0.05) is 14.1 Å². The molecule has 1 N–H and O–H groups in total. The first kappa shape index (κ1) is 27.6. The number of nitrogens with zero attached hydrogens (tertiary/aromatic N) is 6. The van der Waals surface area contributed by atoms with Crippen LogP contribution in [-0.2, 0) is 23.2 Å². The molecule has 0 radical (unpaired) electrons. The number of aliphatic imine (C=N–C) groups is 1. The minimum atomic E-state index is -0.775. The maximum absolute atomic E-state index is 12.6. The van der Waals surface area contributed by atoms with Gasteiger partial charge in [0.25, 0.3) is 0 Å². The molecule has 0 bridgehead atoms. The topological polar surface area (TPSA) is 132 Å². The van der Waals surface area contributed by atoms with Crippen molar-refractivity contribution in [2.75, 3.05) is 13.6 Å². The third-order valence-electron chi connectivity index (χ3n) is 6.22. The van der Waals surface area contributed by atoms with Crippen LogP contribution in [0.25, 0.3) is 11.4 Å². The third-order valence-corrected chi connectivity index (χ3v) is 6.22. The number of likely N-dealkylation sites (N-methyl/N-ethyl adjacent to an activating group) is 1. The SMILES string of the molecule is C=N/C(=C\C=C/C)CN(C)C(=O)OCc1c(-c2ccc(O[C@H]3CCC[C@H](C(=O)O)C3)c(C)n2)nnn1C. The third kappa shape index (κ3) is 7.25. The molecule has 0 saturated heterocycles. The largest absolute Gasteiger partial charge is 0.489 e. The number of carboxylic acid groups (broad SMARTS) is 1. The number of aromatic nitrogens is 4. The molecular formula is C26H34N6O5. The maximum atomic E-state index is 12.6. The second kappa shape index (κ2) is 12.8. The van der Waals surface area contributed by atoms with Gasteiger partial charge in [-0.05, 0) is 64.5 Å². The van der Waals surface area contributed by atoms with Gasteiger partial charge < -0.3 is 19.5 Å². The summed E-state index contributed by atoms with van der Waals surface area (Å²) in [5.41, 5.74) is 2.94. The van der Waals surface area contributed by atoms with Crippen molar-refractivity contribution in [1.82, 2.24) is 24.9 Å². The number of hydrogen-bond acceptors (Lipinski definition) is 8. The Morgan fingerprint density at radius 2 is 2.14 bits per heavy atom. The van der Waals surface area contributed by atoms with Gasteiger partial charge in [-0.3, -0.25) is 9.79 Å². The van der Waals surface area contributed by atoms with E-state index in [9.17, 15) is 14.7 Å². The van der Waals surface area contributed by atoms with Crippen molar-refractivity contribution in [3.8, 4) is 17.1 Å². The van der Waals surface area contributed by atoms with Gasteiger partial charge in [-0.1, -0.05) is 17.4 Å². The van der Waals surface area contributed by atoms with E-state index in [1.165, 1.54) is 4.90 Å². The van der Waals surface area contributed by atoms with E-state index in [-0.39, 0.29) is 25.2 Å². The van der Waals surface area contributed by atoms with Crippen LogP contribution in [0.1, 0.15) is 44.0 Å². The molecule has 1 amide bonds. The second-order valence-electron chi connectivity index (χ2n) is 8.98. The van der Waals surface area contributed by atoms with Crippen molar-refractivity contribution >= 4 is 18.8 Å². The number of allylic oxidation sites excluding steroid dienone is 3. The predicted molar refractivity (Wildman–Crippen MR) is 138 cm³/mol. The van der Waals surface area contributed by atoms with Gasteiger partial charge in [0.2, 0.25) is 0 Å². The molecule has 0 unspecified atom stereocenters. The number of carbonyl (C=O) groups is 2. The zero-order valence-corrected chi connectivity index (χ0v) is 21.8. The number of ether oxygens (including phenoxy) is 2. The van der Waals surface area contributed by atoms with Gasteiger partial charge >= 0.3 is 12.1 Å². The average Bonchev–Trinajstić information content (AvgIpc) is 3.26. The smallest absolute Gasteiger partial charge is 0.410 e. The summed E-state index contributed by atoms with van der Waals surface area (Å²) in [4.78, 5) is 33.9. The Kier molecular flexibility index (Phi) is 9.53. The molecule has 11 nitrogen and oxygen atoms in total. The first-order valence-electron chi connectivity index (χ1n) is 12.2. The fourth-order valence-electron chi connectivity index (χ4n) is 4.11. The normalized spacial score (nSPS) is 18.0. The Morgan fingerprint density at radius 1 is 1.35 bits per heavy atom. The van der Waals surface area contributed by atoms with Gasteiger partial charge in [0.1, 0.15) is 23.7 Å². The average molecular weight is 511 g/mol. The van der Waals surface area contributed by atoms with Crippen LogP contribution in [0.15, 0.2) is 41.1 Å². The van der Waals surface area contributed by atoms with E-state index in [4.69, 9.17) is 9.47 Å². The zero-order chi connectivity index (χ0) is 26.9. The number of carbonyl (C=O) groups excluding carboxylic acids is 1. The Morgan fingerprint density at radius 3 is 2.81 bits per heavy atom. The molecule has 2 heterocycles. The lowest BCUT2D eigenvalue weighted by Crippen LogP contribution is -2.29. The highest BCUT2D eigenvalue weighted by Gasteiger charge is 2.28. The summed E-state index contributed by atoms with van der Waals surface area (Å²) in [7, 11) is 3.34.